The Hall–Kier alpha value is -1.79. The lowest BCUT2D eigenvalue weighted by molar-refractivity contribution is -0.143. The molecule has 0 aromatic heterocycles. The molecule has 1 heterocycles. The number of hydrogen-bond donors (Lipinski definition) is 3. The van der Waals surface area contributed by atoms with Crippen LogP contribution in [0, 0.1) is 5.92 Å². The zero-order valence-corrected chi connectivity index (χ0v) is 12.0. The van der Waals surface area contributed by atoms with E-state index in [2.05, 4.69) is 10.6 Å². The van der Waals surface area contributed by atoms with Gasteiger partial charge in [-0.2, -0.15) is 0 Å². The van der Waals surface area contributed by atoms with Crippen molar-refractivity contribution in [2.45, 2.75) is 39.2 Å². The molecule has 20 heavy (non-hydrogen) atoms. The molecule has 1 rings (SSSR count). The summed E-state index contributed by atoms with van der Waals surface area (Å²) in [7, 11) is 0. The maximum atomic E-state index is 12.0. The number of carbonyl (C=O) groups excluding carboxylic acids is 2. The van der Waals surface area contributed by atoms with Crippen molar-refractivity contribution in [3.8, 4) is 0 Å². The highest BCUT2D eigenvalue weighted by molar-refractivity contribution is 5.86. The average Bonchev–Trinajstić information content (AvgIpc) is 2.44. The summed E-state index contributed by atoms with van der Waals surface area (Å²) in [6.07, 6.45) is 2.09. The number of likely N-dealkylation sites (tertiary alicyclic amines) is 1. The predicted molar refractivity (Wildman–Crippen MR) is 73.2 cm³/mol. The van der Waals surface area contributed by atoms with Crippen LogP contribution in [0.5, 0.6) is 0 Å². The Morgan fingerprint density at radius 2 is 2.10 bits per heavy atom. The average molecular weight is 285 g/mol. The highest BCUT2D eigenvalue weighted by Gasteiger charge is 2.29. The molecule has 7 nitrogen and oxygen atoms in total. The second kappa shape index (κ2) is 7.72. The molecule has 1 unspecified atom stereocenters. The Bertz CT molecular complexity index is 373. The number of urea groups is 1. The number of hydrogen-bond acceptors (Lipinski definition) is 3. The Morgan fingerprint density at radius 3 is 2.70 bits per heavy atom. The van der Waals surface area contributed by atoms with Gasteiger partial charge in [0.2, 0.25) is 5.91 Å². The smallest absolute Gasteiger partial charge is 0.318 e. The van der Waals surface area contributed by atoms with Crippen LogP contribution in [0.2, 0.25) is 0 Å². The molecule has 0 spiro atoms. The van der Waals surface area contributed by atoms with Crippen LogP contribution in [-0.2, 0) is 9.59 Å². The zero-order valence-electron chi connectivity index (χ0n) is 12.0. The third kappa shape index (κ3) is 4.71. The summed E-state index contributed by atoms with van der Waals surface area (Å²) in [5.74, 6) is -1.62. The fourth-order valence-corrected chi connectivity index (χ4v) is 2.11. The van der Waals surface area contributed by atoms with E-state index in [-0.39, 0.29) is 18.5 Å². The molecule has 1 fully saturated rings. The Balaban J connectivity index is 2.45. The number of nitrogens with one attached hydrogen (secondary N) is 2. The van der Waals surface area contributed by atoms with E-state index in [0.29, 0.717) is 25.9 Å². The third-order valence-corrected chi connectivity index (χ3v) is 3.34. The fourth-order valence-electron chi connectivity index (χ4n) is 2.11. The molecule has 0 aliphatic carbocycles. The molecule has 0 bridgehead atoms. The van der Waals surface area contributed by atoms with Gasteiger partial charge in [-0.05, 0) is 26.2 Å². The molecule has 2 atom stereocenters. The van der Waals surface area contributed by atoms with Gasteiger partial charge in [0.1, 0.15) is 6.04 Å². The van der Waals surface area contributed by atoms with Crippen molar-refractivity contribution >= 4 is 17.9 Å². The third-order valence-electron chi connectivity index (χ3n) is 3.34. The number of nitrogens with zero attached hydrogens (tertiary/aromatic N) is 1. The first kappa shape index (κ1) is 16.3. The number of carboxylic acids is 1. The van der Waals surface area contributed by atoms with E-state index in [1.54, 1.807) is 6.92 Å². The number of aliphatic carboxylic acids is 1. The fraction of sp³-hybridized carbons (Fsp3) is 0.769. The van der Waals surface area contributed by atoms with Gasteiger partial charge in [-0.1, -0.05) is 6.92 Å². The van der Waals surface area contributed by atoms with E-state index in [4.69, 9.17) is 5.11 Å². The van der Waals surface area contributed by atoms with Crippen LogP contribution in [-0.4, -0.2) is 53.6 Å². The van der Waals surface area contributed by atoms with Crippen molar-refractivity contribution in [3.63, 3.8) is 0 Å². The van der Waals surface area contributed by atoms with Crippen molar-refractivity contribution in [2.24, 2.45) is 5.92 Å². The molecule has 3 N–H and O–H groups in total. The summed E-state index contributed by atoms with van der Waals surface area (Å²) in [5, 5.41) is 14.3. The lowest BCUT2D eigenvalue weighted by atomic mass is 9.99. The highest BCUT2D eigenvalue weighted by Crippen LogP contribution is 2.16. The van der Waals surface area contributed by atoms with Crippen LogP contribution >= 0.6 is 0 Å². The van der Waals surface area contributed by atoms with Crippen LogP contribution in [0.3, 0.4) is 0 Å². The molecule has 7 heteroatoms. The lowest BCUT2D eigenvalue weighted by Gasteiger charge is -2.31. The van der Waals surface area contributed by atoms with E-state index < -0.39 is 17.9 Å². The molecule has 0 aromatic rings. The van der Waals surface area contributed by atoms with Crippen molar-refractivity contribution < 1.29 is 19.5 Å². The van der Waals surface area contributed by atoms with Gasteiger partial charge in [-0.3, -0.25) is 9.59 Å². The van der Waals surface area contributed by atoms with Gasteiger partial charge in [0.25, 0.3) is 0 Å². The monoisotopic (exact) mass is 285 g/mol. The first-order valence-electron chi connectivity index (χ1n) is 7.01. The van der Waals surface area contributed by atoms with Gasteiger partial charge in [0, 0.05) is 19.6 Å². The molecule has 1 saturated heterocycles. The summed E-state index contributed by atoms with van der Waals surface area (Å²) >= 11 is 0. The van der Waals surface area contributed by atoms with Crippen molar-refractivity contribution in [1.29, 1.82) is 0 Å². The standard InChI is InChI=1S/C13H23N3O4/c1-3-6-14-11(17)9(2)15-13(20)16-7-4-5-10(8-16)12(18)19/h9-10H,3-8H2,1-2H3,(H,14,17)(H,15,20)(H,18,19)/t9?,10-/m1/s1. The Labute approximate surface area is 118 Å². The summed E-state index contributed by atoms with van der Waals surface area (Å²) in [6.45, 7) is 4.86. The minimum Gasteiger partial charge on any atom is -0.481 e. The summed E-state index contributed by atoms with van der Waals surface area (Å²) in [6, 6.07) is -1.01. The Kier molecular flexibility index (Phi) is 6.27. The number of amides is 3. The molecule has 1 aliphatic rings. The highest BCUT2D eigenvalue weighted by atomic mass is 16.4. The molecule has 0 saturated carbocycles. The van der Waals surface area contributed by atoms with E-state index >= 15 is 0 Å². The van der Waals surface area contributed by atoms with Crippen LogP contribution in [0.4, 0.5) is 4.79 Å². The van der Waals surface area contributed by atoms with Crippen LogP contribution in [0.1, 0.15) is 33.1 Å². The molecule has 3 amide bonds. The van der Waals surface area contributed by atoms with E-state index in [9.17, 15) is 14.4 Å². The van der Waals surface area contributed by atoms with E-state index in [1.807, 2.05) is 6.92 Å². The van der Waals surface area contributed by atoms with Gasteiger partial charge >= 0.3 is 12.0 Å². The van der Waals surface area contributed by atoms with Crippen molar-refractivity contribution in [2.75, 3.05) is 19.6 Å². The zero-order chi connectivity index (χ0) is 15.1. The normalized spacial score (nSPS) is 20.1. The van der Waals surface area contributed by atoms with Gasteiger partial charge in [0.15, 0.2) is 0 Å². The minimum absolute atomic E-state index is 0.199. The molecule has 114 valence electrons. The van der Waals surface area contributed by atoms with Gasteiger partial charge < -0.3 is 20.6 Å². The number of rotatable bonds is 5. The SMILES string of the molecule is CCCNC(=O)C(C)NC(=O)N1CCC[C@@H](C(=O)O)C1. The molecule has 0 radical (unpaired) electrons. The summed E-state index contributed by atoms with van der Waals surface area (Å²) in [4.78, 5) is 36.1. The van der Waals surface area contributed by atoms with Gasteiger partial charge in [-0.15, -0.1) is 0 Å². The van der Waals surface area contributed by atoms with Gasteiger partial charge in [0.05, 0.1) is 5.92 Å². The van der Waals surface area contributed by atoms with Gasteiger partial charge in [-0.25, -0.2) is 4.79 Å². The van der Waals surface area contributed by atoms with Crippen molar-refractivity contribution in [3.05, 3.63) is 0 Å². The quantitative estimate of drug-likeness (QED) is 0.681. The molecule has 0 aromatic carbocycles. The second-order valence-electron chi connectivity index (χ2n) is 5.09. The minimum atomic E-state index is -0.878. The molecule has 1 aliphatic heterocycles. The van der Waals surface area contributed by atoms with Crippen LogP contribution < -0.4 is 10.6 Å². The van der Waals surface area contributed by atoms with Crippen LogP contribution in [0.15, 0.2) is 0 Å². The first-order valence-corrected chi connectivity index (χ1v) is 7.01. The predicted octanol–water partition coefficient (Wildman–Crippen LogP) is 0.407. The largest absolute Gasteiger partial charge is 0.481 e. The second-order valence-corrected chi connectivity index (χ2v) is 5.09. The maximum Gasteiger partial charge on any atom is 0.318 e. The molecular weight excluding hydrogens is 262 g/mol. The number of carbonyl (C=O) groups is 3. The Morgan fingerprint density at radius 1 is 1.40 bits per heavy atom. The number of carboxylic acid groups (broad SMARTS) is 1. The summed E-state index contributed by atoms with van der Waals surface area (Å²) < 4.78 is 0. The topological polar surface area (TPSA) is 98.7 Å². The van der Waals surface area contributed by atoms with Crippen molar-refractivity contribution in [1.82, 2.24) is 15.5 Å². The molecular formula is C13H23N3O4. The maximum absolute atomic E-state index is 12.0. The number of piperidine rings is 1. The summed E-state index contributed by atoms with van der Waals surface area (Å²) in [5.41, 5.74) is 0. The first-order chi connectivity index (χ1) is 9.45. The van der Waals surface area contributed by atoms with Crippen LogP contribution in [0.25, 0.3) is 0 Å². The van der Waals surface area contributed by atoms with E-state index in [0.717, 1.165) is 6.42 Å². The lowest BCUT2D eigenvalue weighted by Crippen LogP contribution is -2.52. The van der Waals surface area contributed by atoms with E-state index in [1.165, 1.54) is 4.90 Å².